The predicted molar refractivity (Wildman–Crippen MR) is 61.6 cm³/mol. The molecule has 3 nitrogen and oxygen atoms in total. The summed E-state index contributed by atoms with van der Waals surface area (Å²) in [6, 6.07) is 4.44. The average Bonchev–Trinajstić information content (AvgIpc) is 2.21. The molecule has 16 heavy (non-hydrogen) atoms. The number of carboxylic acids is 1. The van der Waals surface area contributed by atoms with Gasteiger partial charge in [-0.1, -0.05) is 20.3 Å². The Morgan fingerprint density at radius 1 is 1.25 bits per heavy atom. The standard InChI is InChI=1S/C11H18N.C2H4O2/c1-3-5-11-6-9-12(8-4-2)10-7-11;1-2(3)4/h6-7,9-10H,3-5,8H2,1-2H3;1H3,(H,3,4)/q+1;/p-1. The SMILES string of the molecule is CC(=O)[O-].CCCc1cc[n+](CCC)cc1. The zero-order valence-corrected chi connectivity index (χ0v) is 10.4. The van der Waals surface area contributed by atoms with Crippen molar-refractivity contribution in [3.63, 3.8) is 0 Å². The zero-order chi connectivity index (χ0) is 12.4. The van der Waals surface area contributed by atoms with Crippen molar-refractivity contribution in [3.05, 3.63) is 30.1 Å². The van der Waals surface area contributed by atoms with Gasteiger partial charge in [0, 0.05) is 24.5 Å². The van der Waals surface area contributed by atoms with Crippen molar-refractivity contribution in [1.29, 1.82) is 0 Å². The Labute approximate surface area is 97.7 Å². The minimum Gasteiger partial charge on any atom is -0.550 e. The number of nitrogens with zero attached hydrogens (tertiary/aromatic N) is 1. The number of pyridine rings is 1. The van der Waals surface area contributed by atoms with Crippen LogP contribution in [0.1, 0.15) is 39.2 Å². The first-order valence-corrected chi connectivity index (χ1v) is 5.75. The molecule has 0 unspecified atom stereocenters. The molecule has 0 N–H and O–H groups in total. The van der Waals surface area contributed by atoms with Gasteiger partial charge in [-0.3, -0.25) is 0 Å². The Balaban J connectivity index is 0.000000487. The Hall–Kier alpha value is -1.38. The average molecular weight is 223 g/mol. The first-order chi connectivity index (χ1) is 7.60. The summed E-state index contributed by atoms with van der Waals surface area (Å²) in [7, 11) is 0. The Morgan fingerprint density at radius 2 is 1.75 bits per heavy atom. The van der Waals surface area contributed by atoms with Crippen LogP contribution in [0.15, 0.2) is 24.5 Å². The summed E-state index contributed by atoms with van der Waals surface area (Å²) in [5, 5.41) is 8.89. The van der Waals surface area contributed by atoms with Crippen molar-refractivity contribution < 1.29 is 14.5 Å². The molecule has 0 atom stereocenters. The lowest BCUT2D eigenvalue weighted by Gasteiger charge is -1.96. The van der Waals surface area contributed by atoms with Crippen LogP contribution in [0, 0.1) is 0 Å². The third-order valence-corrected chi connectivity index (χ3v) is 1.98. The molecule has 0 aliphatic rings. The molecule has 0 aliphatic carbocycles. The molecule has 1 heterocycles. The van der Waals surface area contributed by atoms with Gasteiger partial charge in [0.1, 0.15) is 6.54 Å². The highest BCUT2D eigenvalue weighted by atomic mass is 16.4. The quantitative estimate of drug-likeness (QED) is 0.717. The van der Waals surface area contributed by atoms with Crippen molar-refractivity contribution in [1.82, 2.24) is 0 Å². The summed E-state index contributed by atoms with van der Waals surface area (Å²) in [4.78, 5) is 8.89. The minimum absolute atomic E-state index is 0.972. The zero-order valence-electron chi connectivity index (χ0n) is 10.4. The van der Waals surface area contributed by atoms with Crippen molar-refractivity contribution >= 4 is 5.97 Å². The van der Waals surface area contributed by atoms with E-state index in [0.717, 1.165) is 13.5 Å². The van der Waals surface area contributed by atoms with Crippen molar-refractivity contribution in [2.24, 2.45) is 0 Å². The van der Waals surface area contributed by atoms with Crippen LogP contribution in [0.5, 0.6) is 0 Å². The van der Waals surface area contributed by atoms with E-state index in [2.05, 4.69) is 42.9 Å². The number of rotatable bonds is 4. The molecular weight excluding hydrogens is 202 g/mol. The Bertz CT molecular complexity index is 264. The van der Waals surface area contributed by atoms with Gasteiger partial charge in [-0.15, -0.1) is 0 Å². The third-order valence-electron chi connectivity index (χ3n) is 1.98. The summed E-state index contributed by atoms with van der Waals surface area (Å²) >= 11 is 0. The van der Waals surface area contributed by atoms with Crippen LogP contribution < -0.4 is 9.67 Å². The second-order valence-corrected chi connectivity index (χ2v) is 3.69. The van der Waals surface area contributed by atoms with Crippen LogP contribution in [0.25, 0.3) is 0 Å². The van der Waals surface area contributed by atoms with E-state index in [1.807, 2.05) is 0 Å². The number of carbonyl (C=O) groups excluding carboxylic acids is 1. The molecule has 1 aromatic rings. The number of carboxylic acid groups (broad SMARTS) is 1. The molecule has 0 radical (unpaired) electrons. The fourth-order valence-corrected chi connectivity index (χ4v) is 1.35. The fraction of sp³-hybridized carbons (Fsp3) is 0.538. The smallest absolute Gasteiger partial charge is 0.169 e. The first kappa shape index (κ1) is 14.6. The van der Waals surface area contributed by atoms with Gasteiger partial charge in [0.2, 0.25) is 0 Å². The number of aliphatic carboxylic acids is 1. The van der Waals surface area contributed by atoms with Crippen LogP contribution in [0.3, 0.4) is 0 Å². The van der Waals surface area contributed by atoms with Gasteiger partial charge < -0.3 is 9.90 Å². The highest BCUT2D eigenvalue weighted by Crippen LogP contribution is 1.98. The Kier molecular flexibility index (Phi) is 8.12. The van der Waals surface area contributed by atoms with E-state index in [0.29, 0.717) is 0 Å². The van der Waals surface area contributed by atoms with Gasteiger partial charge in [-0.05, 0) is 18.9 Å². The second-order valence-electron chi connectivity index (χ2n) is 3.69. The number of hydrogen-bond acceptors (Lipinski definition) is 2. The van der Waals surface area contributed by atoms with E-state index < -0.39 is 5.97 Å². The molecule has 0 saturated heterocycles. The lowest BCUT2D eigenvalue weighted by Crippen LogP contribution is -2.32. The topological polar surface area (TPSA) is 44.0 Å². The lowest BCUT2D eigenvalue weighted by molar-refractivity contribution is -0.697. The molecule has 0 fully saturated rings. The van der Waals surface area contributed by atoms with E-state index in [-0.39, 0.29) is 0 Å². The lowest BCUT2D eigenvalue weighted by atomic mass is 10.1. The molecule has 0 saturated carbocycles. The molecule has 0 bridgehead atoms. The van der Waals surface area contributed by atoms with Crippen LogP contribution in [-0.4, -0.2) is 5.97 Å². The Morgan fingerprint density at radius 3 is 2.12 bits per heavy atom. The van der Waals surface area contributed by atoms with Crippen LogP contribution in [0.2, 0.25) is 0 Å². The summed E-state index contributed by atoms with van der Waals surface area (Å²) in [6.45, 7) is 6.52. The molecule has 1 aromatic heterocycles. The minimum atomic E-state index is -1.08. The highest BCUT2D eigenvalue weighted by molar-refractivity contribution is 5.60. The van der Waals surface area contributed by atoms with E-state index in [4.69, 9.17) is 9.90 Å². The van der Waals surface area contributed by atoms with Crippen LogP contribution in [-0.2, 0) is 17.8 Å². The van der Waals surface area contributed by atoms with Gasteiger partial charge in [0.25, 0.3) is 0 Å². The fourth-order valence-electron chi connectivity index (χ4n) is 1.35. The summed E-state index contributed by atoms with van der Waals surface area (Å²) in [5.74, 6) is -1.08. The second kappa shape index (κ2) is 8.89. The van der Waals surface area contributed by atoms with Gasteiger partial charge >= 0.3 is 0 Å². The van der Waals surface area contributed by atoms with Gasteiger partial charge in [0.15, 0.2) is 12.4 Å². The maximum absolute atomic E-state index is 8.89. The van der Waals surface area contributed by atoms with Crippen LogP contribution in [0.4, 0.5) is 0 Å². The van der Waals surface area contributed by atoms with Crippen molar-refractivity contribution in [3.8, 4) is 0 Å². The maximum Gasteiger partial charge on any atom is 0.169 e. The largest absolute Gasteiger partial charge is 0.550 e. The molecule has 3 heteroatoms. The molecule has 0 amide bonds. The normalized spacial score (nSPS) is 9.19. The van der Waals surface area contributed by atoms with Gasteiger partial charge in [-0.25, -0.2) is 4.57 Å². The van der Waals surface area contributed by atoms with Gasteiger partial charge in [-0.2, -0.15) is 0 Å². The summed E-state index contributed by atoms with van der Waals surface area (Å²) in [5.41, 5.74) is 1.45. The van der Waals surface area contributed by atoms with Crippen molar-refractivity contribution in [2.45, 2.75) is 46.6 Å². The molecular formula is C13H21NO2. The van der Waals surface area contributed by atoms with Crippen molar-refractivity contribution in [2.75, 3.05) is 0 Å². The molecule has 0 aliphatic heterocycles. The maximum atomic E-state index is 8.89. The first-order valence-electron chi connectivity index (χ1n) is 5.75. The summed E-state index contributed by atoms with van der Waals surface area (Å²) < 4.78 is 2.24. The molecule has 90 valence electrons. The van der Waals surface area contributed by atoms with E-state index in [1.54, 1.807) is 0 Å². The molecule has 0 aromatic carbocycles. The number of aryl methyl sites for hydroxylation is 2. The summed E-state index contributed by atoms with van der Waals surface area (Å²) in [6.07, 6.45) is 7.99. The van der Waals surface area contributed by atoms with Gasteiger partial charge in [0.05, 0.1) is 0 Å². The van der Waals surface area contributed by atoms with Crippen LogP contribution >= 0.6 is 0 Å². The van der Waals surface area contributed by atoms with E-state index >= 15 is 0 Å². The number of carbonyl (C=O) groups is 1. The van der Waals surface area contributed by atoms with E-state index in [9.17, 15) is 0 Å². The monoisotopic (exact) mass is 223 g/mol. The molecule has 1 rings (SSSR count). The highest BCUT2D eigenvalue weighted by Gasteiger charge is 1.97. The number of hydrogen-bond donors (Lipinski definition) is 0. The number of aromatic nitrogens is 1. The van der Waals surface area contributed by atoms with E-state index in [1.165, 1.54) is 24.8 Å². The third kappa shape index (κ3) is 7.97. The molecule has 0 spiro atoms. The predicted octanol–water partition coefficient (Wildman–Crippen LogP) is 1.09.